The van der Waals surface area contributed by atoms with Crippen molar-refractivity contribution in [1.82, 2.24) is 15.0 Å². The van der Waals surface area contributed by atoms with E-state index in [1.807, 2.05) is 20.8 Å². The van der Waals surface area contributed by atoms with Gasteiger partial charge < -0.3 is 23.5 Å². The first kappa shape index (κ1) is 27.0. The number of nitrogens with zero attached hydrogens (tertiary/aromatic N) is 3. The fraction of sp³-hybridized carbons (Fsp3) is 0.400. The van der Waals surface area contributed by atoms with Crippen molar-refractivity contribution in [2.24, 2.45) is 0 Å². The second-order valence-electron chi connectivity index (χ2n) is 7.93. The number of aromatic hydroxyl groups is 1. The van der Waals surface area contributed by atoms with Gasteiger partial charge in [-0.2, -0.15) is 18.4 Å². The van der Waals surface area contributed by atoms with Crippen LogP contribution in [0, 0.1) is 0 Å². The summed E-state index contributed by atoms with van der Waals surface area (Å²) in [4.78, 5) is 12.8. The van der Waals surface area contributed by atoms with Crippen LogP contribution in [0.15, 0.2) is 36.4 Å². The predicted octanol–water partition coefficient (Wildman–Crippen LogP) is 4.62. The van der Waals surface area contributed by atoms with E-state index >= 15 is 0 Å². The molecule has 0 atom stereocenters. The van der Waals surface area contributed by atoms with Gasteiger partial charge in [0.1, 0.15) is 23.0 Å². The van der Waals surface area contributed by atoms with Gasteiger partial charge in [0, 0.05) is 12.1 Å². The zero-order valence-corrected chi connectivity index (χ0v) is 21.7. The van der Waals surface area contributed by atoms with Crippen molar-refractivity contribution in [3.05, 3.63) is 36.4 Å². The maximum Gasteiger partial charge on any atom is 0.336 e. The zero-order chi connectivity index (χ0) is 26.1. The lowest BCUT2D eigenvalue weighted by atomic mass is 10.1. The van der Waals surface area contributed by atoms with Crippen molar-refractivity contribution in [2.45, 2.75) is 40.0 Å². The number of phenols is 1. The minimum absolute atomic E-state index is 0.0194. The van der Waals surface area contributed by atoms with E-state index in [1.165, 1.54) is 6.07 Å². The van der Waals surface area contributed by atoms with Crippen LogP contribution in [0.3, 0.4) is 0 Å². The normalized spacial score (nSPS) is 11.2. The van der Waals surface area contributed by atoms with Crippen LogP contribution in [0.2, 0.25) is 0 Å². The van der Waals surface area contributed by atoms with Gasteiger partial charge >= 0.3 is 16.1 Å². The predicted molar refractivity (Wildman–Crippen MR) is 135 cm³/mol. The second kappa shape index (κ2) is 12.4. The van der Waals surface area contributed by atoms with Crippen LogP contribution in [-0.2, 0) is 10.1 Å². The lowest BCUT2D eigenvalue weighted by molar-refractivity contribution is 0.302. The molecule has 1 aromatic heterocycles. The quantitative estimate of drug-likeness (QED) is 0.321. The molecule has 0 saturated heterocycles. The highest BCUT2D eigenvalue weighted by Crippen LogP contribution is 2.36. The van der Waals surface area contributed by atoms with E-state index in [0.717, 1.165) is 25.5 Å². The van der Waals surface area contributed by atoms with Crippen molar-refractivity contribution >= 4 is 10.1 Å². The molecule has 0 radical (unpaired) electrons. The summed E-state index contributed by atoms with van der Waals surface area (Å²) in [5.74, 6) is 1.55. The molecule has 11 heteroatoms. The molecule has 0 saturated carbocycles. The van der Waals surface area contributed by atoms with E-state index in [9.17, 15) is 13.5 Å². The summed E-state index contributed by atoms with van der Waals surface area (Å²) in [5, 5.41) is 10.6. The fourth-order valence-corrected chi connectivity index (χ4v) is 3.45. The largest absolute Gasteiger partial charge is 0.507 e. The van der Waals surface area contributed by atoms with Gasteiger partial charge in [-0.05, 0) is 43.5 Å². The van der Waals surface area contributed by atoms with Gasteiger partial charge in [-0.25, -0.2) is 4.98 Å². The van der Waals surface area contributed by atoms with E-state index in [-0.39, 0.29) is 23.0 Å². The second-order valence-corrected chi connectivity index (χ2v) is 9.51. The summed E-state index contributed by atoms with van der Waals surface area (Å²) in [7, 11) is -3.93. The Morgan fingerprint density at radius 2 is 1.28 bits per heavy atom. The highest BCUT2D eigenvalue weighted by molar-refractivity contribution is 7.86. The standard InChI is InChI=1S/C25H31N3O7S/c1-5-12-32-17-8-10-19(21(29)15-17)23-26-24(28-25(27-23)35-36(4,30)31)20-11-9-18(33-13-6-2)16-22(20)34-14-7-3/h8-11,15-16,29H,5-7,12-14H2,1-4H3. The Balaban J connectivity index is 2.12. The van der Waals surface area contributed by atoms with E-state index < -0.39 is 16.1 Å². The van der Waals surface area contributed by atoms with E-state index in [0.29, 0.717) is 42.6 Å². The van der Waals surface area contributed by atoms with Gasteiger partial charge in [0.15, 0.2) is 11.6 Å². The SMILES string of the molecule is CCCOc1ccc(-c2nc(OS(C)(=O)=O)nc(-c3ccc(OCCC)cc3OCCC)n2)c(O)c1. The molecule has 0 unspecified atom stereocenters. The molecule has 0 spiro atoms. The van der Waals surface area contributed by atoms with Gasteiger partial charge in [0.2, 0.25) is 0 Å². The molecular formula is C25H31N3O7S. The molecule has 0 aliphatic heterocycles. The summed E-state index contributed by atoms with van der Waals surface area (Å²) in [6.07, 6.45) is 3.33. The Hall–Kier alpha value is -3.60. The number of phenolic OH excluding ortho intramolecular Hbond substituents is 1. The molecule has 0 aliphatic rings. The third kappa shape index (κ3) is 7.45. The number of aromatic nitrogens is 3. The van der Waals surface area contributed by atoms with Crippen molar-refractivity contribution in [3.8, 4) is 51.8 Å². The minimum atomic E-state index is -3.93. The molecule has 36 heavy (non-hydrogen) atoms. The van der Waals surface area contributed by atoms with Gasteiger partial charge in [0.25, 0.3) is 0 Å². The van der Waals surface area contributed by atoms with Crippen LogP contribution in [0.4, 0.5) is 0 Å². The van der Waals surface area contributed by atoms with Crippen LogP contribution in [0.25, 0.3) is 22.8 Å². The van der Waals surface area contributed by atoms with Crippen LogP contribution >= 0.6 is 0 Å². The highest BCUT2D eigenvalue weighted by atomic mass is 32.2. The molecule has 2 aromatic carbocycles. The molecule has 0 fully saturated rings. The van der Waals surface area contributed by atoms with Gasteiger partial charge in [-0.3, -0.25) is 0 Å². The zero-order valence-electron chi connectivity index (χ0n) is 20.9. The number of rotatable bonds is 13. The van der Waals surface area contributed by atoms with Crippen LogP contribution in [-0.4, -0.2) is 54.6 Å². The van der Waals surface area contributed by atoms with Crippen molar-refractivity contribution in [1.29, 1.82) is 0 Å². The molecule has 194 valence electrons. The third-order valence-electron chi connectivity index (χ3n) is 4.65. The first-order chi connectivity index (χ1) is 17.2. The maximum atomic E-state index is 11.8. The number of hydrogen-bond acceptors (Lipinski definition) is 10. The summed E-state index contributed by atoms with van der Waals surface area (Å²) in [6, 6.07) is 9.47. The fourth-order valence-electron chi connectivity index (χ4n) is 3.11. The van der Waals surface area contributed by atoms with Crippen molar-refractivity contribution < 1.29 is 31.9 Å². The third-order valence-corrected chi connectivity index (χ3v) is 5.10. The van der Waals surface area contributed by atoms with Crippen LogP contribution in [0.5, 0.6) is 29.0 Å². The molecule has 10 nitrogen and oxygen atoms in total. The minimum Gasteiger partial charge on any atom is -0.507 e. The van der Waals surface area contributed by atoms with Crippen LogP contribution in [0.1, 0.15) is 40.0 Å². The molecule has 0 amide bonds. The summed E-state index contributed by atoms with van der Waals surface area (Å²) >= 11 is 0. The summed E-state index contributed by atoms with van der Waals surface area (Å²) in [5.41, 5.74) is 0.733. The first-order valence-corrected chi connectivity index (χ1v) is 13.6. The highest BCUT2D eigenvalue weighted by Gasteiger charge is 2.20. The smallest absolute Gasteiger partial charge is 0.336 e. The van der Waals surface area contributed by atoms with Crippen molar-refractivity contribution in [3.63, 3.8) is 0 Å². The monoisotopic (exact) mass is 517 g/mol. The average molecular weight is 518 g/mol. The average Bonchev–Trinajstić information content (AvgIpc) is 2.83. The molecule has 1 N–H and O–H groups in total. The summed E-state index contributed by atoms with van der Waals surface area (Å²) in [6.45, 7) is 7.45. The van der Waals surface area contributed by atoms with Gasteiger partial charge in [0.05, 0.1) is 37.2 Å². The number of ether oxygens (including phenoxy) is 3. The Morgan fingerprint density at radius 3 is 1.83 bits per heavy atom. The summed E-state index contributed by atoms with van der Waals surface area (Å²) < 4.78 is 45.8. The van der Waals surface area contributed by atoms with E-state index in [1.54, 1.807) is 30.3 Å². The molecule has 3 aromatic rings. The molecule has 1 heterocycles. The topological polar surface area (TPSA) is 130 Å². The Labute approximate surface area is 211 Å². The Bertz CT molecular complexity index is 1280. The molecule has 3 rings (SSSR count). The van der Waals surface area contributed by atoms with Gasteiger partial charge in [-0.1, -0.05) is 20.8 Å². The lowest BCUT2D eigenvalue weighted by Gasteiger charge is -2.14. The van der Waals surface area contributed by atoms with Crippen LogP contribution < -0.4 is 18.4 Å². The number of hydrogen-bond donors (Lipinski definition) is 1. The van der Waals surface area contributed by atoms with E-state index in [4.69, 9.17) is 18.4 Å². The lowest BCUT2D eigenvalue weighted by Crippen LogP contribution is -2.10. The Morgan fingerprint density at radius 1 is 0.750 bits per heavy atom. The number of benzene rings is 2. The first-order valence-electron chi connectivity index (χ1n) is 11.8. The molecular weight excluding hydrogens is 486 g/mol. The maximum absolute atomic E-state index is 11.8. The van der Waals surface area contributed by atoms with E-state index in [2.05, 4.69) is 15.0 Å². The van der Waals surface area contributed by atoms with Gasteiger partial charge in [-0.15, -0.1) is 0 Å². The molecule has 0 bridgehead atoms. The van der Waals surface area contributed by atoms with Crippen molar-refractivity contribution in [2.75, 3.05) is 26.1 Å². The Kier molecular flexibility index (Phi) is 9.29. The molecule has 0 aliphatic carbocycles.